The number of rotatable bonds is 4. The van der Waals surface area contributed by atoms with Gasteiger partial charge < -0.3 is 15.4 Å². The van der Waals surface area contributed by atoms with E-state index in [0.717, 1.165) is 19.4 Å². The minimum absolute atomic E-state index is 0.00796. The summed E-state index contributed by atoms with van der Waals surface area (Å²) < 4.78 is 5.24. The van der Waals surface area contributed by atoms with Crippen LogP contribution < -0.4 is 10.6 Å². The zero-order valence-corrected chi connectivity index (χ0v) is 9.93. The lowest BCUT2D eigenvalue weighted by atomic mass is 10.0. The summed E-state index contributed by atoms with van der Waals surface area (Å²) in [5.74, 6) is 0.0971. The van der Waals surface area contributed by atoms with Gasteiger partial charge in [-0.25, -0.2) is 0 Å². The van der Waals surface area contributed by atoms with Crippen LogP contribution in [-0.4, -0.2) is 37.7 Å². The summed E-state index contributed by atoms with van der Waals surface area (Å²) in [7, 11) is 1.66. The molecule has 0 aromatic carbocycles. The monoisotopic (exact) mass is 214 g/mol. The van der Waals surface area contributed by atoms with Crippen LogP contribution >= 0.6 is 0 Å². The number of hydrogen-bond acceptors (Lipinski definition) is 3. The highest BCUT2D eigenvalue weighted by Gasteiger charge is 2.23. The maximum Gasteiger partial charge on any atom is 0.237 e. The normalized spacial score (nSPS) is 22.5. The summed E-state index contributed by atoms with van der Waals surface area (Å²) in [5.41, 5.74) is -0.287. The van der Waals surface area contributed by atoms with E-state index in [4.69, 9.17) is 4.74 Å². The third kappa shape index (κ3) is 4.18. The van der Waals surface area contributed by atoms with Gasteiger partial charge in [-0.3, -0.25) is 4.79 Å². The quantitative estimate of drug-likeness (QED) is 0.723. The predicted molar refractivity (Wildman–Crippen MR) is 59.7 cm³/mol. The van der Waals surface area contributed by atoms with Crippen LogP contribution in [0.3, 0.4) is 0 Å². The van der Waals surface area contributed by atoms with Crippen molar-refractivity contribution in [2.45, 2.75) is 44.8 Å². The van der Waals surface area contributed by atoms with Gasteiger partial charge in [0.1, 0.15) is 0 Å². The average molecular weight is 214 g/mol. The molecular weight excluding hydrogens is 192 g/mol. The summed E-state index contributed by atoms with van der Waals surface area (Å²) in [5, 5.41) is 6.14. The molecule has 1 atom stereocenters. The second-order valence-electron chi connectivity index (χ2n) is 4.68. The van der Waals surface area contributed by atoms with Crippen molar-refractivity contribution in [3.05, 3.63) is 0 Å². The molecule has 1 aliphatic heterocycles. The minimum atomic E-state index is -0.287. The van der Waals surface area contributed by atoms with E-state index in [1.165, 1.54) is 6.42 Å². The molecule has 0 spiro atoms. The van der Waals surface area contributed by atoms with Crippen molar-refractivity contribution < 1.29 is 9.53 Å². The molecule has 1 heterocycles. The summed E-state index contributed by atoms with van der Waals surface area (Å²) in [4.78, 5) is 11.7. The van der Waals surface area contributed by atoms with Crippen LogP contribution in [0.5, 0.6) is 0 Å². The molecule has 0 saturated carbocycles. The van der Waals surface area contributed by atoms with Crippen molar-refractivity contribution in [1.29, 1.82) is 0 Å². The summed E-state index contributed by atoms with van der Waals surface area (Å²) in [6.45, 7) is 5.43. The fourth-order valence-corrected chi connectivity index (χ4v) is 1.57. The van der Waals surface area contributed by atoms with Crippen LogP contribution in [0.15, 0.2) is 0 Å². The van der Waals surface area contributed by atoms with E-state index in [1.54, 1.807) is 7.11 Å². The van der Waals surface area contributed by atoms with Crippen LogP contribution in [0.4, 0.5) is 0 Å². The largest absolute Gasteiger partial charge is 0.377 e. The van der Waals surface area contributed by atoms with Crippen molar-refractivity contribution >= 4 is 5.91 Å². The molecule has 1 rings (SSSR count). The number of nitrogens with one attached hydrogen (secondary N) is 2. The Bertz CT molecular complexity index is 211. The van der Waals surface area contributed by atoms with E-state index < -0.39 is 0 Å². The molecule has 0 aromatic rings. The van der Waals surface area contributed by atoms with Crippen LogP contribution in [-0.2, 0) is 9.53 Å². The number of carbonyl (C=O) groups excluding carboxylic acids is 1. The van der Waals surface area contributed by atoms with Crippen molar-refractivity contribution in [2.75, 3.05) is 20.2 Å². The van der Waals surface area contributed by atoms with Gasteiger partial charge in [0, 0.05) is 13.7 Å². The van der Waals surface area contributed by atoms with E-state index in [2.05, 4.69) is 10.6 Å². The first-order valence-electron chi connectivity index (χ1n) is 5.61. The van der Waals surface area contributed by atoms with Gasteiger partial charge in [-0.1, -0.05) is 6.42 Å². The average Bonchev–Trinajstić information content (AvgIpc) is 2.27. The van der Waals surface area contributed by atoms with Crippen molar-refractivity contribution in [3.63, 3.8) is 0 Å². The van der Waals surface area contributed by atoms with Gasteiger partial charge in [-0.2, -0.15) is 0 Å². The molecule has 0 radical (unpaired) electrons. The van der Waals surface area contributed by atoms with Gasteiger partial charge >= 0.3 is 0 Å². The molecule has 4 nitrogen and oxygen atoms in total. The maximum atomic E-state index is 11.7. The molecule has 1 saturated heterocycles. The molecule has 1 unspecified atom stereocenters. The molecule has 2 N–H and O–H groups in total. The first-order chi connectivity index (χ1) is 7.05. The van der Waals surface area contributed by atoms with Gasteiger partial charge in [0.15, 0.2) is 0 Å². The highest BCUT2D eigenvalue weighted by atomic mass is 16.5. The summed E-state index contributed by atoms with van der Waals surface area (Å²) in [6, 6.07) is -0.00796. The Hall–Kier alpha value is -0.610. The molecule has 0 bridgehead atoms. The molecule has 0 aromatic heterocycles. The Kier molecular flexibility index (Phi) is 4.54. The Balaban J connectivity index is 2.28. The third-order valence-electron chi connectivity index (χ3n) is 2.87. The molecule has 1 fully saturated rings. The minimum Gasteiger partial charge on any atom is -0.377 e. The van der Waals surface area contributed by atoms with Crippen LogP contribution in [0.25, 0.3) is 0 Å². The molecular formula is C11H22N2O2. The SMILES string of the molecule is COC(C)(C)CNC(=O)C1CCCCN1. The lowest BCUT2D eigenvalue weighted by Gasteiger charge is -2.26. The molecule has 88 valence electrons. The molecule has 4 heteroatoms. The van der Waals surface area contributed by atoms with E-state index in [9.17, 15) is 4.79 Å². The van der Waals surface area contributed by atoms with Crippen LogP contribution in [0, 0.1) is 0 Å². The number of piperidine rings is 1. The number of hydrogen-bond donors (Lipinski definition) is 2. The smallest absolute Gasteiger partial charge is 0.237 e. The third-order valence-corrected chi connectivity index (χ3v) is 2.87. The predicted octanol–water partition coefficient (Wildman–Crippen LogP) is 0.670. The number of methoxy groups -OCH3 is 1. The van der Waals surface area contributed by atoms with E-state index in [-0.39, 0.29) is 17.6 Å². The van der Waals surface area contributed by atoms with E-state index in [0.29, 0.717) is 6.54 Å². The summed E-state index contributed by atoms with van der Waals surface area (Å²) >= 11 is 0. The maximum absolute atomic E-state index is 11.7. The van der Waals surface area contributed by atoms with Gasteiger partial charge in [-0.15, -0.1) is 0 Å². The lowest BCUT2D eigenvalue weighted by molar-refractivity contribution is -0.124. The molecule has 15 heavy (non-hydrogen) atoms. The number of ether oxygens (including phenoxy) is 1. The van der Waals surface area contributed by atoms with Gasteiger partial charge in [0.25, 0.3) is 0 Å². The first kappa shape index (κ1) is 12.5. The topological polar surface area (TPSA) is 50.4 Å². The highest BCUT2D eigenvalue weighted by molar-refractivity contribution is 5.81. The van der Waals surface area contributed by atoms with Gasteiger partial charge in [-0.05, 0) is 33.2 Å². The lowest BCUT2D eigenvalue weighted by Crippen LogP contribution is -2.50. The van der Waals surface area contributed by atoms with Crippen molar-refractivity contribution in [3.8, 4) is 0 Å². The van der Waals surface area contributed by atoms with Crippen LogP contribution in [0.1, 0.15) is 33.1 Å². The number of carbonyl (C=O) groups is 1. The Labute approximate surface area is 91.8 Å². The Morgan fingerprint density at radius 3 is 2.80 bits per heavy atom. The first-order valence-corrected chi connectivity index (χ1v) is 5.61. The fourth-order valence-electron chi connectivity index (χ4n) is 1.57. The molecule has 0 aliphatic carbocycles. The standard InChI is InChI=1S/C11H22N2O2/c1-11(2,15-3)8-13-10(14)9-6-4-5-7-12-9/h9,12H,4-8H2,1-3H3,(H,13,14). The summed E-state index contributed by atoms with van der Waals surface area (Å²) in [6.07, 6.45) is 3.26. The fraction of sp³-hybridized carbons (Fsp3) is 0.909. The van der Waals surface area contributed by atoms with Crippen molar-refractivity contribution in [1.82, 2.24) is 10.6 Å². The van der Waals surface area contributed by atoms with E-state index in [1.807, 2.05) is 13.8 Å². The van der Waals surface area contributed by atoms with Gasteiger partial charge in [0.05, 0.1) is 11.6 Å². The Morgan fingerprint density at radius 1 is 1.53 bits per heavy atom. The molecule has 1 aliphatic rings. The van der Waals surface area contributed by atoms with Crippen molar-refractivity contribution in [2.24, 2.45) is 0 Å². The second kappa shape index (κ2) is 5.47. The zero-order chi connectivity index (χ0) is 11.3. The molecule has 1 amide bonds. The zero-order valence-electron chi connectivity index (χ0n) is 9.93. The van der Waals surface area contributed by atoms with Crippen LogP contribution in [0.2, 0.25) is 0 Å². The number of amides is 1. The Morgan fingerprint density at radius 2 is 2.27 bits per heavy atom. The second-order valence-corrected chi connectivity index (χ2v) is 4.68. The van der Waals surface area contributed by atoms with E-state index >= 15 is 0 Å². The highest BCUT2D eigenvalue weighted by Crippen LogP contribution is 2.08. The van der Waals surface area contributed by atoms with Gasteiger partial charge in [0.2, 0.25) is 5.91 Å².